The van der Waals surface area contributed by atoms with Gasteiger partial charge in [-0.25, -0.2) is 4.79 Å². The lowest BCUT2D eigenvalue weighted by Crippen LogP contribution is -2.50. The van der Waals surface area contributed by atoms with Crippen molar-refractivity contribution in [1.82, 2.24) is 4.90 Å². The molecule has 6 fully saturated rings. The summed E-state index contributed by atoms with van der Waals surface area (Å²) in [7, 11) is 6.91. The number of amides is 1. The Balaban J connectivity index is 0.000000213. The predicted molar refractivity (Wildman–Crippen MR) is 198 cm³/mol. The van der Waals surface area contributed by atoms with Crippen LogP contribution < -0.4 is 0 Å². The molecule has 1 amide bonds. The number of methoxy groups -OCH3 is 2. The summed E-state index contributed by atoms with van der Waals surface area (Å²) in [5, 5.41) is 9.12. The first kappa shape index (κ1) is 41.4. The van der Waals surface area contributed by atoms with Crippen molar-refractivity contribution in [2.45, 2.75) is 147 Å². The number of carboxylic acids is 1. The highest BCUT2D eigenvalue weighted by molar-refractivity contribution is 5.88. The van der Waals surface area contributed by atoms with Crippen LogP contribution in [0, 0.1) is 11.8 Å². The second-order valence-electron chi connectivity index (χ2n) is 16.3. The quantitative estimate of drug-likeness (QED) is 0.147. The predicted octanol–water partition coefficient (Wildman–Crippen LogP) is 6.83. The second-order valence-corrected chi connectivity index (χ2v) is 16.3. The van der Waals surface area contributed by atoms with E-state index in [0.717, 1.165) is 49.9 Å². The van der Waals surface area contributed by atoms with Crippen molar-refractivity contribution < 1.29 is 43.1 Å². The Kier molecular flexibility index (Phi) is 13.3. The monoisotopic (exact) mass is 715 g/mol. The third-order valence-electron chi connectivity index (χ3n) is 11.4. The number of carbonyl (C=O) groups is 2. The minimum Gasteiger partial charge on any atom is -0.478 e. The maximum absolute atomic E-state index is 12.2. The number of carboxylic acid groups (broad SMARTS) is 1. The van der Waals surface area contributed by atoms with E-state index in [1.807, 2.05) is 0 Å². The number of hydrogen-bond donors (Lipinski definition) is 1. The van der Waals surface area contributed by atoms with Crippen molar-refractivity contribution in [1.29, 1.82) is 0 Å². The van der Waals surface area contributed by atoms with Gasteiger partial charge >= 0.3 is 5.97 Å². The highest BCUT2D eigenvalue weighted by Gasteiger charge is 2.72. The zero-order valence-corrected chi connectivity index (χ0v) is 33.3. The average molecular weight is 716 g/mol. The molecule has 4 heterocycles. The molecule has 4 aliphatic heterocycles. The van der Waals surface area contributed by atoms with Gasteiger partial charge in [0.25, 0.3) is 0 Å². The van der Waals surface area contributed by atoms with Crippen LogP contribution in [0.2, 0.25) is 0 Å². The molecule has 2 aliphatic carbocycles. The fraction of sp³-hybridized carbons (Fsp3) is 0.756. The fourth-order valence-electron chi connectivity index (χ4n) is 8.44. The van der Waals surface area contributed by atoms with Gasteiger partial charge < -0.3 is 38.4 Å². The van der Waals surface area contributed by atoms with E-state index in [1.165, 1.54) is 23.6 Å². The summed E-state index contributed by atoms with van der Waals surface area (Å²) in [6, 6.07) is 0. The largest absolute Gasteiger partial charge is 0.478 e. The lowest BCUT2D eigenvalue weighted by molar-refractivity contribution is -0.131. The summed E-state index contributed by atoms with van der Waals surface area (Å²) in [4.78, 5) is 24.9. The average Bonchev–Trinajstić information content (AvgIpc) is 3.93. The van der Waals surface area contributed by atoms with Crippen LogP contribution in [0.25, 0.3) is 0 Å². The molecule has 0 aromatic heterocycles. The molecular weight excluding hydrogens is 650 g/mol. The van der Waals surface area contributed by atoms with E-state index in [2.05, 4.69) is 67.5 Å². The van der Waals surface area contributed by atoms with Gasteiger partial charge in [0.1, 0.15) is 22.4 Å². The van der Waals surface area contributed by atoms with E-state index >= 15 is 0 Å². The highest BCUT2D eigenvalue weighted by atomic mass is 16.6. The number of hydrogen-bond acceptors (Lipinski definition) is 8. The Hall–Kier alpha value is -2.34. The van der Waals surface area contributed by atoms with Gasteiger partial charge in [0, 0.05) is 40.5 Å². The maximum Gasteiger partial charge on any atom is 0.328 e. The molecule has 10 nitrogen and oxygen atoms in total. The number of likely N-dealkylation sites (N-methyl/N-ethyl adjacent to an activating group) is 1. The molecule has 0 bridgehead atoms. The summed E-state index contributed by atoms with van der Waals surface area (Å²) < 4.78 is 35.6. The van der Waals surface area contributed by atoms with Crippen molar-refractivity contribution in [3.8, 4) is 0 Å². The maximum atomic E-state index is 12.2. The molecule has 0 aromatic carbocycles. The smallest absolute Gasteiger partial charge is 0.328 e. The number of rotatable bonds is 10. The topological polar surface area (TPSA) is 126 Å². The van der Waals surface area contributed by atoms with Crippen molar-refractivity contribution in [3.05, 3.63) is 46.6 Å². The number of nitrogens with zero attached hydrogens (tertiary/aromatic N) is 1. The van der Waals surface area contributed by atoms with Crippen LogP contribution in [0.3, 0.4) is 0 Å². The number of aliphatic carboxylic acids is 1. The van der Waals surface area contributed by atoms with E-state index < -0.39 is 5.97 Å². The van der Waals surface area contributed by atoms with Gasteiger partial charge in [0.2, 0.25) is 5.91 Å². The number of epoxide rings is 4. The lowest BCUT2D eigenvalue weighted by Gasteiger charge is -2.40. The van der Waals surface area contributed by atoms with Crippen molar-refractivity contribution in [3.63, 3.8) is 0 Å². The molecule has 1 N–H and O–H groups in total. The molecular formula is C41H65NO9. The molecule has 6 rings (SSSR count). The Labute approximate surface area is 306 Å². The van der Waals surface area contributed by atoms with E-state index in [9.17, 15) is 9.59 Å². The molecule has 6 aliphatic rings. The van der Waals surface area contributed by atoms with Gasteiger partial charge in [-0.3, -0.25) is 4.79 Å². The molecule has 0 radical (unpaired) electrons. The minimum atomic E-state index is -0.920. The Morgan fingerprint density at radius 2 is 1.16 bits per heavy atom. The number of allylic oxidation sites excluding steroid dienone is 2. The van der Waals surface area contributed by atoms with Gasteiger partial charge in [-0.2, -0.15) is 0 Å². The van der Waals surface area contributed by atoms with Crippen LogP contribution in [0.5, 0.6) is 0 Å². The van der Waals surface area contributed by atoms with E-state index in [0.29, 0.717) is 13.0 Å². The normalized spacial score (nSPS) is 40.0. The summed E-state index contributed by atoms with van der Waals surface area (Å²) >= 11 is 0. The first-order chi connectivity index (χ1) is 24.0. The van der Waals surface area contributed by atoms with Gasteiger partial charge in [-0.15, -0.1) is 0 Å². The Morgan fingerprint density at radius 1 is 0.784 bits per heavy atom. The molecule has 2 spiro atoms. The number of ether oxygens (including phenoxy) is 6. The van der Waals surface area contributed by atoms with Gasteiger partial charge in [0.05, 0.1) is 49.5 Å². The first-order valence-corrected chi connectivity index (χ1v) is 18.8. The molecule has 288 valence electrons. The zero-order chi connectivity index (χ0) is 37.9. The zero-order valence-electron chi connectivity index (χ0n) is 33.3. The van der Waals surface area contributed by atoms with Crippen molar-refractivity contribution in [2.24, 2.45) is 11.8 Å². The molecule has 10 atom stereocenters. The minimum absolute atomic E-state index is 0.00595. The Bertz CT molecular complexity index is 1380. The molecule has 51 heavy (non-hydrogen) atoms. The van der Waals surface area contributed by atoms with Gasteiger partial charge in [-0.05, 0) is 91.2 Å². The molecule has 0 unspecified atom stereocenters. The van der Waals surface area contributed by atoms with Crippen LogP contribution in [-0.4, -0.2) is 110 Å². The van der Waals surface area contributed by atoms with Crippen molar-refractivity contribution >= 4 is 11.9 Å². The van der Waals surface area contributed by atoms with E-state index in [1.54, 1.807) is 39.3 Å². The Morgan fingerprint density at radius 3 is 1.45 bits per heavy atom. The van der Waals surface area contributed by atoms with Crippen molar-refractivity contribution in [2.75, 3.05) is 41.5 Å². The standard InChI is InChI=1S/C20H31NO4.C18H26O5.C3H8/c1-13(2)7-8-15-19(3,25-15)18-17(23-6)14(11-16(22)21(4)5)9-10-20(18)12-24-20;1-11(2)5-6-13-17(3,23-13)16-15(21-4)12(9-14(19)20)7-8-18(16)10-22-18;1-3-2/h7,11,15,17-18H,8-10,12H2,1-6H3;5,9,13,15-16H,6-8,10H2,1-4H3,(H,19,20);3H2,1-2H3/t15-,17-,18-,19+,20+;13-,15-,16-,17+,18+;/m11./s1. The van der Waals surface area contributed by atoms with Crippen LogP contribution in [0.4, 0.5) is 0 Å². The van der Waals surface area contributed by atoms with Crippen LogP contribution >= 0.6 is 0 Å². The number of carbonyl (C=O) groups excluding carboxylic acids is 1. The van der Waals surface area contributed by atoms with Crippen LogP contribution in [0.1, 0.15) is 100 Å². The van der Waals surface area contributed by atoms with E-state index in [-0.39, 0.29) is 64.6 Å². The molecule has 2 saturated carbocycles. The molecule has 0 aromatic rings. The third kappa shape index (κ3) is 9.25. The summed E-state index contributed by atoms with van der Waals surface area (Å²) in [5.41, 5.74) is 3.55. The first-order valence-electron chi connectivity index (χ1n) is 18.8. The van der Waals surface area contributed by atoms with Crippen LogP contribution in [0.15, 0.2) is 46.6 Å². The fourth-order valence-corrected chi connectivity index (χ4v) is 8.44. The van der Waals surface area contributed by atoms with Gasteiger partial charge in [0.15, 0.2) is 0 Å². The molecule has 10 heteroatoms. The van der Waals surface area contributed by atoms with Crippen LogP contribution in [-0.2, 0) is 38.0 Å². The lowest BCUT2D eigenvalue weighted by atomic mass is 9.67. The molecule has 4 saturated heterocycles. The van der Waals surface area contributed by atoms with Gasteiger partial charge in [-0.1, -0.05) is 43.6 Å². The summed E-state index contributed by atoms with van der Waals surface area (Å²) in [6.45, 7) is 18.4. The third-order valence-corrected chi connectivity index (χ3v) is 11.4. The second kappa shape index (κ2) is 16.4. The summed E-state index contributed by atoms with van der Waals surface area (Å²) in [6.07, 6.45) is 13.7. The summed E-state index contributed by atoms with van der Waals surface area (Å²) in [5.74, 6) is -0.756. The highest BCUT2D eigenvalue weighted by Crippen LogP contribution is 2.61. The van der Waals surface area contributed by atoms with E-state index in [4.69, 9.17) is 33.5 Å². The SMILES string of the molecule is CCC.CO[C@@H]1C(=CC(=O)N(C)C)CC[C@]2(CO2)[C@H]1[C@@]1(C)O[C@@H]1CC=C(C)C.CO[C@@H]1C(=CC(=O)O)CC[C@]2(CO2)[C@H]1[C@@]1(C)O[C@@H]1CC=C(C)C.